The van der Waals surface area contributed by atoms with Crippen LogP contribution in [0.5, 0.6) is 0 Å². The lowest BCUT2D eigenvalue weighted by molar-refractivity contribution is -0.124. The summed E-state index contributed by atoms with van der Waals surface area (Å²) in [4.78, 5) is 28.8. The van der Waals surface area contributed by atoms with Gasteiger partial charge in [0.1, 0.15) is 10.9 Å². The lowest BCUT2D eigenvalue weighted by Crippen LogP contribution is -2.45. The maximum atomic E-state index is 13.0. The highest BCUT2D eigenvalue weighted by Crippen LogP contribution is 2.31. The molecule has 2 saturated heterocycles. The molecule has 8 nitrogen and oxygen atoms in total. The fourth-order valence-corrected chi connectivity index (χ4v) is 5.87. The van der Waals surface area contributed by atoms with Crippen molar-refractivity contribution in [1.82, 2.24) is 10.2 Å². The van der Waals surface area contributed by atoms with Gasteiger partial charge in [-0.15, -0.1) is 4.40 Å². The van der Waals surface area contributed by atoms with Gasteiger partial charge in [0, 0.05) is 37.3 Å². The zero-order chi connectivity index (χ0) is 22.3. The van der Waals surface area contributed by atoms with Crippen LogP contribution >= 0.6 is 0 Å². The number of carbonyl (C=O) groups is 2. The molecular weight excluding hydrogens is 428 g/mol. The fourth-order valence-electron chi connectivity index (χ4n) is 4.65. The number of benzene rings is 2. The van der Waals surface area contributed by atoms with Gasteiger partial charge in [-0.25, -0.2) is 0 Å². The van der Waals surface area contributed by atoms with Crippen LogP contribution in [0, 0.1) is 0 Å². The molecule has 2 aromatic carbocycles. The van der Waals surface area contributed by atoms with Gasteiger partial charge in [0.05, 0.1) is 0 Å². The average molecular weight is 453 g/mol. The molecule has 0 saturated carbocycles. The fraction of sp³-hybridized carbons (Fsp3) is 0.348. The summed E-state index contributed by atoms with van der Waals surface area (Å²) in [5, 5.41) is 2.98. The second-order valence-corrected chi connectivity index (χ2v) is 9.85. The molecule has 3 aliphatic heterocycles. The van der Waals surface area contributed by atoms with Crippen LogP contribution in [0.15, 0.2) is 57.8 Å². The van der Waals surface area contributed by atoms with Gasteiger partial charge in [0.25, 0.3) is 10.0 Å². The molecule has 0 bridgehead atoms. The number of hydrogen-bond donors (Lipinski definition) is 1. The summed E-state index contributed by atoms with van der Waals surface area (Å²) in [6, 6.07) is 13.9. The van der Waals surface area contributed by atoms with E-state index in [4.69, 9.17) is 0 Å². The quantitative estimate of drug-likeness (QED) is 0.766. The zero-order valence-corrected chi connectivity index (χ0v) is 18.3. The molecule has 0 aromatic heterocycles. The number of likely N-dealkylation sites (tertiary alicyclic amines) is 1. The SMILES string of the molecule is O=C(NCc1cccc(N2CCCC2=O)c1)[C@@H]1CCCN1C1=NS(=O)(=O)c2ccccc21. The van der Waals surface area contributed by atoms with Crippen molar-refractivity contribution in [2.45, 2.75) is 43.2 Å². The molecule has 2 aromatic rings. The molecule has 0 spiro atoms. The molecule has 3 aliphatic rings. The van der Waals surface area contributed by atoms with Gasteiger partial charge in [0.15, 0.2) is 5.84 Å². The molecule has 2 amide bonds. The van der Waals surface area contributed by atoms with E-state index in [9.17, 15) is 18.0 Å². The minimum atomic E-state index is -3.73. The Hall–Kier alpha value is -3.20. The first-order valence-corrected chi connectivity index (χ1v) is 12.3. The van der Waals surface area contributed by atoms with E-state index >= 15 is 0 Å². The summed E-state index contributed by atoms with van der Waals surface area (Å²) in [6.07, 6.45) is 2.85. The molecule has 0 aliphatic carbocycles. The van der Waals surface area contributed by atoms with Crippen molar-refractivity contribution < 1.29 is 18.0 Å². The van der Waals surface area contributed by atoms with E-state index in [-0.39, 0.29) is 16.7 Å². The van der Waals surface area contributed by atoms with E-state index in [2.05, 4.69) is 9.71 Å². The largest absolute Gasteiger partial charge is 0.350 e. The van der Waals surface area contributed by atoms with E-state index in [1.54, 1.807) is 34.1 Å². The number of rotatable bonds is 4. The van der Waals surface area contributed by atoms with Gasteiger partial charge in [0.2, 0.25) is 11.8 Å². The molecule has 3 heterocycles. The van der Waals surface area contributed by atoms with Crippen molar-refractivity contribution in [2.24, 2.45) is 4.40 Å². The summed E-state index contributed by atoms with van der Waals surface area (Å²) in [7, 11) is -3.73. The first-order chi connectivity index (χ1) is 15.4. The third kappa shape index (κ3) is 3.66. The van der Waals surface area contributed by atoms with Gasteiger partial charge in [-0.1, -0.05) is 24.3 Å². The normalized spacial score (nSPS) is 21.6. The molecule has 5 rings (SSSR count). The van der Waals surface area contributed by atoms with Crippen molar-refractivity contribution in [3.63, 3.8) is 0 Å². The summed E-state index contributed by atoms with van der Waals surface area (Å²) < 4.78 is 28.8. The Morgan fingerprint density at radius 2 is 1.94 bits per heavy atom. The van der Waals surface area contributed by atoms with Gasteiger partial charge in [-0.2, -0.15) is 8.42 Å². The van der Waals surface area contributed by atoms with Crippen LogP contribution in [-0.2, 0) is 26.2 Å². The second-order valence-electron chi connectivity index (χ2n) is 8.27. The Morgan fingerprint density at radius 1 is 1.09 bits per heavy atom. The Labute approximate surface area is 187 Å². The highest BCUT2D eigenvalue weighted by atomic mass is 32.2. The average Bonchev–Trinajstić information content (AvgIpc) is 3.50. The maximum absolute atomic E-state index is 13.0. The second kappa shape index (κ2) is 8.05. The molecule has 0 radical (unpaired) electrons. The number of amides is 2. The number of nitrogens with one attached hydrogen (secondary N) is 1. The topological polar surface area (TPSA) is 99.2 Å². The molecule has 2 fully saturated rings. The summed E-state index contributed by atoms with van der Waals surface area (Å²) >= 11 is 0. The van der Waals surface area contributed by atoms with E-state index in [1.807, 2.05) is 24.3 Å². The van der Waals surface area contributed by atoms with Crippen LogP contribution < -0.4 is 10.2 Å². The number of anilines is 1. The minimum Gasteiger partial charge on any atom is -0.350 e. The van der Waals surface area contributed by atoms with Crippen LogP contribution in [0.25, 0.3) is 0 Å². The third-order valence-electron chi connectivity index (χ3n) is 6.20. The highest BCUT2D eigenvalue weighted by Gasteiger charge is 2.39. The van der Waals surface area contributed by atoms with Crippen LogP contribution in [0.3, 0.4) is 0 Å². The lowest BCUT2D eigenvalue weighted by atomic mass is 10.1. The van der Waals surface area contributed by atoms with Crippen molar-refractivity contribution in [2.75, 3.05) is 18.0 Å². The van der Waals surface area contributed by atoms with Crippen LogP contribution in [0.4, 0.5) is 5.69 Å². The zero-order valence-electron chi connectivity index (χ0n) is 17.5. The molecule has 1 N–H and O–H groups in total. The van der Waals surface area contributed by atoms with Gasteiger partial charge < -0.3 is 15.1 Å². The van der Waals surface area contributed by atoms with Gasteiger partial charge >= 0.3 is 0 Å². The van der Waals surface area contributed by atoms with Gasteiger partial charge in [-0.3, -0.25) is 9.59 Å². The number of nitrogens with zero attached hydrogens (tertiary/aromatic N) is 3. The smallest absolute Gasteiger partial charge is 0.285 e. The number of amidine groups is 1. The summed E-state index contributed by atoms with van der Waals surface area (Å²) in [5.74, 6) is 0.322. The van der Waals surface area contributed by atoms with Crippen molar-refractivity contribution in [1.29, 1.82) is 0 Å². The van der Waals surface area contributed by atoms with Crippen molar-refractivity contribution in [3.8, 4) is 0 Å². The summed E-state index contributed by atoms with van der Waals surface area (Å²) in [5.41, 5.74) is 2.31. The van der Waals surface area contributed by atoms with Crippen molar-refractivity contribution in [3.05, 3.63) is 59.7 Å². The molecule has 1 atom stereocenters. The molecular formula is C23H24N4O4S. The number of hydrogen-bond acceptors (Lipinski definition) is 5. The Kier molecular flexibility index (Phi) is 5.21. The number of fused-ring (bicyclic) bond motifs is 1. The monoisotopic (exact) mass is 452 g/mol. The first-order valence-electron chi connectivity index (χ1n) is 10.8. The van der Waals surface area contributed by atoms with Crippen LogP contribution in [-0.4, -0.2) is 50.1 Å². The lowest BCUT2D eigenvalue weighted by Gasteiger charge is -2.25. The predicted octanol–water partition coefficient (Wildman–Crippen LogP) is 2.04. The van der Waals surface area contributed by atoms with E-state index < -0.39 is 16.1 Å². The molecule has 0 unspecified atom stereocenters. The van der Waals surface area contributed by atoms with Gasteiger partial charge in [-0.05, 0) is 49.1 Å². The van der Waals surface area contributed by atoms with Crippen LogP contribution in [0.2, 0.25) is 0 Å². The number of carbonyl (C=O) groups excluding carboxylic acids is 2. The highest BCUT2D eigenvalue weighted by molar-refractivity contribution is 7.90. The minimum absolute atomic E-state index is 0.125. The third-order valence-corrected chi connectivity index (χ3v) is 7.53. The van der Waals surface area contributed by atoms with E-state index in [0.717, 1.165) is 30.6 Å². The number of sulfonamides is 1. The van der Waals surface area contributed by atoms with Crippen molar-refractivity contribution >= 4 is 33.4 Å². The predicted molar refractivity (Wildman–Crippen MR) is 120 cm³/mol. The Bertz CT molecular complexity index is 1220. The molecule has 32 heavy (non-hydrogen) atoms. The standard InChI is InChI=1S/C23H24N4O4S/c28-21-11-5-12-26(21)17-7-3-6-16(14-17)15-24-23(29)19-9-4-13-27(19)22-18-8-1-2-10-20(18)32(30,31)25-22/h1-3,6-8,10,14,19H,4-5,9,11-13,15H2,(H,24,29)/t19-/m0/s1. The first kappa shape index (κ1) is 20.7. The molecule has 9 heteroatoms. The van der Waals surface area contributed by atoms with E-state index in [0.29, 0.717) is 37.3 Å². The Balaban J connectivity index is 1.30. The summed E-state index contributed by atoms with van der Waals surface area (Å²) in [6.45, 7) is 1.63. The van der Waals surface area contributed by atoms with Crippen LogP contribution in [0.1, 0.15) is 36.8 Å². The Morgan fingerprint density at radius 3 is 2.75 bits per heavy atom. The van der Waals surface area contributed by atoms with E-state index in [1.165, 1.54) is 0 Å². The maximum Gasteiger partial charge on any atom is 0.285 e. The molecule has 166 valence electrons.